The maximum atomic E-state index is 5.35. The SMILES string of the molecule is CC.CCl.NCc1ccccc1. The van der Waals surface area contributed by atoms with Gasteiger partial charge in [0.15, 0.2) is 0 Å². The molecule has 1 aromatic rings. The number of rotatable bonds is 1. The third-order valence-electron chi connectivity index (χ3n) is 1.08. The summed E-state index contributed by atoms with van der Waals surface area (Å²) < 4.78 is 0. The van der Waals surface area contributed by atoms with Crippen molar-refractivity contribution in [2.45, 2.75) is 20.4 Å². The van der Waals surface area contributed by atoms with Crippen molar-refractivity contribution in [2.24, 2.45) is 5.73 Å². The number of nitrogens with two attached hydrogens (primary N) is 1. The summed E-state index contributed by atoms with van der Waals surface area (Å²) in [6, 6.07) is 9.99. The van der Waals surface area contributed by atoms with Gasteiger partial charge in [0.2, 0.25) is 0 Å². The van der Waals surface area contributed by atoms with E-state index in [1.54, 1.807) is 0 Å². The van der Waals surface area contributed by atoms with Gasteiger partial charge in [0.25, 0.3) is 0 Å². The second-order valence-corrected chi connectivity index (χ2v) is 1.69. The van der Waals surface area contributed by atoms with Crippen LogP contribution >= 0.6 is 11.6 Å². The minimum Gasteiger partial charge on any atom is -0.326 e. The fourth-order valence-electron chi connectivity index (χ4n) is 0.614. The van der Waals surface area contributed by atoms with E-state index in [1.807, 2.05) is 44.2 Å². The van der Waals surface area contributed by atoms with Crippen molar-refractivity contribution >= 4 is 11.6 Å². The van der Waals surface area contributed by atoms with Crippen LogP contribution in [0.4, 0.5) is 0 Å². The molecule has 0 aliphatic carbocycles. The average Bonchev–Trinajstić information content (AvgIpc) is 2.25. The highest BCUT2D eigenvalue weighted by Crippen LogP contribution is 1.94. The molecule has 0 aliphatic rings. The summed E-state index contributed by atoms with van der Waals surface area (Å²) in [5, 5.41) is 0. The van der Waals surface area contributed by atoms with Gasteiger partial charge in [-0.25, -0.2) is 0 Å². The maximum absolute atomic E-state index is 5.35. The molecule has 0 spiro atoms. The van der Waals surface area contributed by atoms with Gasteiger partial charge in [-0.3, -0.25) is 0 Å². The lowest BCUT2D eigenvalue weighted by Gasteiger charge is -1.90. The van der Waals surface area contributed by atoms with Gasteiger partial charge in [-0.05, 0) is 5.56 Å². The zero-order valence-electron chi connectivity index (χ0n) is 8.05. The zero-order valence-corrected chi connectivity index (χ0v) is 8.81. The summed E-state index contributed by atoms with van der Waals surface area (Å²) >= 11 is 4.64. The first-order valence-corrected chi connectivity index (χ1v) is 4.81. The van der Waals surface area contributed by atoms with Crippen LogP contribution in [0, 0.1) is 0 Å². The molecule has 0 saturated heterocycles. The summed E-state index contributed by atoms with van der Waals surface area (Å²) in [5.41, 5.74) is 6.54. The Balaban J connectivity index is 0. The van der Waals surface area contributed by atoms with Crippen molar-refractivity contribution in [3.05, 3.63) is 35.9 Å². The van der Waals surface area contributed by atoms with Gasteiger partial charge >= 0.3 is 0 Å². The van der Waals surface area contributed by atoms with E-state index in [2.05, 4.69) is 11.6 Å². The predicted molar refractivity (Wildman–Crippen MR) is 57.5 cm³/mol. The molecular formula is C10H18ClN. The van der Waals surface area contributed by atoms with Crippen molar-refractivity contribution in [1.29, 1.82) is 0 Å². The Hall–Kier alpha value is -0.530. The molecule has 1 aromatic carbocycles. The Morgan fingerprint density at radius 2 is 1.50 bits per heavy atom. The molecule has 2 heteroatoms. The quantitative estimate of drug-likeness (QED) is 0.673. The first kappa shape index (κ1) is 14.0. The van der Waals surface area contributed by atoms with Crippen molar-refractivity contribution in [2.75, 3.05) is 6.38 Å². The van der Waals surface area contributed by atoms with Gasteiger partial charge in [0.1, 0.15) is 0 Å². The number of benzene rings is 1. The van der Waals surface area contributed by atoms with Gasteiger partial charge in [-0.2, -0.15) is 0 Å². The molecule has 0 bridgehead atoms. The molecule has 12 heavy (non-hydrogen) atoms. The second kappa shape index (κ2) is 13.1. The van der Waals surface area contributed by atoms with Crippen LogP contribution in [0.2, 0.25) is 0 Å². The van der Waals surface area contributed by atoms with E-state index in [-0.39, 0.29) is 0 Å². The van der Waals surface area contributed by atoms with Crippen molar-refractivity contribution in [1.82, 2.24) is 0 Å². The van der Waals surface area contributed by atoms with Crippen LogP contribution in [0.25, 0.3) is 0 Å². The molecule has 70 valence electrons. The molecule has 0 heterocycles. The van der Waals surface area contributed by atoms with Crippen LogP contribution in [0.1, 0.15) is 19.4 Å². The lowest BCUT2D eigenvalue weighted by atomic mass is 10.2. The van der Waals surface area contributed by atoms with E-state index in [4.69, 9.17) is 5.73 Å². The third kappa shape index (κ3) is 7.58. The normalized spacial score (nSPS) is 7.08. The molecule has 0 aromatic heterocycles. The number of halogens is 1. The Morgan fingerprint density at radius 3 is 1.75 bits per heavy atom. The smallest absolute Gasteiger partial charge is 0.0178 e. The van der Waals surface area contributed by atoms with E-state index in [0.717, 1.165) is 0 Å². The minimum absolute atomic E-state index is 0.640. The number of hydrogen-bond donors (Lipinski definition) is 1. The molecule has 0 fully saturated rings. The fourth-order valence-corrected chi connectivity index (χ4v) is 0.614. The van der Waals surface area contributed by atoms with Gasteiger partial charge in [-0.1, -0.05) is 44.2 Å². The van der Waals surface area contributed by atoms with Gasteiger partial charge in [0.05, 0.1) is 0 Å². The highest BCUT2D eigenvalue weighted by atomic mass is 35.5. The Kier molecular flexibility index (Phi) is 15.3. The molecule has 0 radical (unpaired) electrons. The van der Waals surface area contributed by atoms with E-state index >= 15 is 0 Å². The molecule has 0 amide bonds. The summed E-state index contributed by atoms with van der Waals surface area (Å²) in [7, 11) is 0. The highest BCUT2D eigenvalue weighted by Gasteiger charge is 1.80. The molecule has 1 nitrogen and oxygen atoms in total. The van der Waals surface area contributed by atoms with Crippen molar-refractivity contribution < 1.29 is 0 Å². The lowest BCUT2D eigenvalue weighted by molar-refractivity contribution is 1.07. The predicted octanol–water partition coefficient (Wildman–Crippen LogP) is 3.03. The standard InChI is InChI=1S/C7H9N.C2H6.CH3Cl/c8-6-7-4-2-1-3-5-7;2*1-2/h1-5H,6,8H2;1-2H3;1H3. The van der Waals surface area contributed by atoms with E-state index in [0.29, 0.717) is 6.54 Å². The first-order valence-electron chi connectivity index (χ1n) is 4.05. The Bertz CT molecular complexity index is 151. The first-order chi connectivity index (χ1) is 5.93. The molecule has 0 atom stereocenters. The maximum Gasteiger partial charge on any atom is 0.0178 e. The largest absolute Gasteiger partial charge is 0.326 e. The monoisotopic (exact) mass is 187 g/mol. The second-order valence-electron chi connectivity index (χ2n) is 1.69. The van der Waals surface area contributed by atoms with Crippen molar-refractivity contribution in [3.63, 3.8) is 0 Å². The lowest BCUT2D eigenvalue weighted by Crippen LogP contribution is -1.94. The number of alkyl halides is 1. The molecule has 1 rings (SSSR count). The molecular weight excluding hydrogens is 170 g/mol. The van der Waals surface area contributed by atoms with Gasteiger partial charge < -0.3 is 5.73 Å². The van der Waals surface area contributed by atoms with Crippen LogP contribution in [-0.2, 0) is 6.54 Å². The fraction of sp³-hybridized carbons (Fsp3) is 0.400. The number of hydrogen-bond acceptors (Lipinski definition) is 1. The van der Waals surface area contributed by atoms with Crippen LogP contribution in [-0.4, -0.2) is 6.38 Å². The summed E-state index contributed by atoms with van der Waals surface area (Å²) in [5.74, 6) is 0. The molecule has 0 unspecified atom stereocenters. The minimum atomic E-state index is 0.640. The van der Waals surface area contributed by atoms with Crippen LogP contribution in [0.5, 0.6) is 0 Å². The van der Waals surface area contributed by atoms with Crippen LogP contribution in [0.3, 0.4) is 0 Å². The molecule has 2 N–H and O–H groups in total. The molecule has 0 aliphatic heterocycles. The summed E-state index contributed by atoms with van der Waals surface area (Å²) in [4.78, 5) is 0. The Labute approximate surface area is 80.5 Å². The Morgan fingerprint density at radius 1 is 1.08 bits per heavy atom. The van der Waals surface area contributed by atoms with E-state index < -0.39 is 0 Å². The molecule has 0 saturated carbocycles. The van der Waals surface area contributed by atoms with Crippen LogP contribution in [0.15, 0.2) is 30.3 Å². The van der Waals surface area contributed by atoms with E-state index in [1.165, 1.54) is 11.9 Å². The topological polar surface area (TPSA) is 26.0 Å². The van der Waals surface area contributed by atoms with Gasteiger partial charge in [0, 0.05) is 12.9 Å². The third-order valence-corrected chi connectivity index (χ3v) is 1.08. The summed E-state index contributed by atoms with van der Waals surface area (Å²) in [6.45, 7) is 4.64. The average molecular weight is 188 g/mol. The van der Waals surface area contributed by atoms with Crippen LogP contribution < -0.4 is 5.73 Å². The van der Waals surface area contributed by atoms with E-state index in [9.17, 15) is 0 Å². The van der Waals surface area contributed by atoms with Gasteiger partial charge in [-0.15, -0.1) is 11.6 Å². The zero-order chi connectivity index (χ0) is 9.82. The summed E-state index contributed by atoms with van der Waals surface area (Å²) in [6.07, 6.45) is 1.47. The highest BCUT2D eigenvalue weighted by molar-refractivity contribution is 6.15. The van der Waals surface area contributed by atoms with Crippen molar-refractivity contribution in [3.8, 4) is 0 Å².